The van der Waals surface area contributed by atoms with Crippen LogP contribution in [0.5, 0.6) is 0 Å². The number of aryl methyl sites for hydroxylation is 2. The first kappa shape index (κ1) is 52.8. The third kappa shape index (κ3) is 8.09. The second kappa shape index (κ2) is 20.9. The van der Waals surface area contributed by atoms with Gasteiger partial charge in [-0.1, -0.05) is 181 Å². The van der Waals surface area contributed by atoms with Crippen molar-refractivity contribution in [3.8, 4) is 84.5 Å². The van der Waals surface area contributed by atoms with Crippen LogP contribution in [0.2, 0.25) is 0 Å². The Labute approximate surface area is 531 Å². The molecule has 18 rings (SSSR count). The van der Waals surface area contributed by atoms with Gasteiger partial charge < -0.3 is 18.3 Å². The number of nitriles is 1. The topological polar surface area (TPSA) is 56.4 Å². The maximum Gasteiger partial charge on any atom is 0.100 e. The lowest BCUT2D eigenvalue weighted by Crippen LogP contribution is -2.03. The Bertz CT molecular complexity index is 5940. The Morgan fingerprint density at radius 1 is 0.250 bits per heavy atom. The van der Waals surface area contributed by atoms with Crippen molar-refractivity contribution in [1.29, 1.82) is 5.26 Å². The number of hydrogen-bond donors (Lipinski definition) is 0. The molecule has 430 valence electrons. The summed E-state index contributed by atoms with van der Waals surface area (Å²) >= 11 is 0. The molecule has 0 aliphatic heterocycles. The third-order valence-electron chi connectivity index (χ3n) is 19.1. The lowest BCUT2D eigenvalue weighted by atomic mass is 9.76. The molecule has 92 heavy (non-hydrogen) atoms. The number of hydrogen-bond acceptors (Lipinski definition) is 2. The normalized spacial score (nSPS) is 11.8. The average Bonchev–Trinajstić information content (AvgIpc) is 1.08. The molecule has 0 N–H and O–H groups in total. The van der Waals surface area contributed by atoms with Crippen molar-refractivity contribution in [3.63, 3.8) is 0 Å². The molecule has 0 atom stereocenters. The number of nitrogens with zero attached hydrogens (tertiary/aromatic N) is 6. The van der Waals surface area contributed by atoms with Gasteiger partial charge in [-0.15, -0.1) is 0 Å². The minimum absolute atomic E-state index is 0.570. The fourth-order valence-corrected chi connectivity index (χ4v) is 15.1. The lowest BCUT2D eigenvalue weighted by Gasteiger charge is -2.26. The summed E-state index contributed by atoms with van der Waals surface area (Å²) in [7, 11) is 0. The molecule has 5 heterocycles. The molecule has 6 heteroatoms. The van der Waals surface area contributed by atoms with Gasteiger partial charge in [-0.05, 0) is 180 Å². The van der Waals surface area contributed by atoms with Crippen LogP contribution >= 0.6 is 0 Å². The molecule has 0 saturated carbocycles. The van der Waals surface area contributed by atoms with E-state index in [9.17, 15) is 5.26 Å². The van der Waals surface area contributed by atoms with Crippen LogP contribution in [0.3, 0.4) is 0 Å². The molecule has 18 aromatic rings. The van der Waals surface area contributed by atoms with E-state index in [1.165, 1.54) is 54.2 Å². The van der Waals surface area contributed by atoms with Crippen LogP contribution in [-0.4, -0.2) is 23.3 Å². The van der Waals surface area contributed by atoms with Crippen LogP contribution in [0.15, 0.2) is 304 Å². The quantitative estimate of drug-likeness (QED) is 0.145. The van der Waals surface area contributed by atoms with Crippen LogP contribution in [-0.2, 0) is 0 Å². The van der Waals surface area contributed by atoms with E-state index in [0.717, 1.165) is 123 Å². The number of benzene rings is 13. The highest BCUT2D eigenvalue weighted by molar-refractivity contribution is 6.15. The largest absolute Gasteiger partial charge is 0.309 e. The van der Waals surface area contributed by atoms with Crippen molar-refractivity contribution in [2.24, 2.45) is 0 Å². The monoisotopic (exact) mass is 1170 g/mol. The molecule has 0 aliphatic rings. The van der Waals surface area contributed by atoms with E-state index in [-0.39, 0.29) is 0 Å². The second-order valence-electron chi connectivity index (χ2n) is 24.3. The molecule has 0 unspecified atom stereocenters. The van der Waals surface area contributed by atoms with Crippen LogP contribution in [0, 0.1) is 25.2 Å². The fraction of sp³-hybridized carbons (Fsp3) is 0.0233. The summed E-state index contributed by atoms with van der Waals surface area (Å²) in [6, 6.07) is 109. The summed E-state index contributed by atoms with van der Waals surface area (Å²) in [5.41, 5.74) is 25.7. The molecular weight excluding hydrogens is 1120 g/mol. The van der Waals surface area contributed by atoms with E-state index in [4.69, 9.17) is 0 Å². The van der Waals surface area contributed by atoms with Crippen molar-refractivity contribution in [2.45, 2.75) is 13.8 Å². The molecule has 13 aromatic carbocycles. The van der Waals surface area contributed by atoms with Gasteiger partial charge in [-0.3, -0.25) is 4.98 Å². The average molecular weight is 1170 g/mol. The highest BCUT2D eigenvalue weighted by atomic mass is 15.0. The first-order valence-electron chi connectivity index (χ1n) is 31.4. The van der Waals surface area contributed by atoms with Gasteiger partial charge in [0.2, 0.25) is 0 Å². The van der Waals surface area contributed by atoms with Crippen LogP contribution in [0.25, 0.3) is 166 Å². The van der Waals surface area contributed by atoms with Crippen molar-refractivity contribution >= 4 is 87.2 Å². The van der Waals surface area contributed by atoms with Gasteiger partial charge in [0, 0.05) is 89.4 Å². The van der Waals surface area contributed by atoms with Crippen LogP contribution in [0.1, 0.15) is 16.7 Å². The standard InChI is InChI=1S/C86H56N6/c1-54-27-45-80-71(51-54)69-19-7-13-25-78(69)91(80)63-37-29-56(30-38-63)82-73(53-87)83(60-47-49-88-50-48-60)85(58-33-41-64(42-34-58)92-79-26-14-8-20-70(79)72-52-55(2)28-46-81(72)92)86(59-35-43-62(44-36-59)90-76-23-11-5-17-67(76)68-18-6-12-24-77(68)90)84(82)57-31-39-61(40-32-57)89-74-21-9-3-15-65(74)66-16-4-10-22-75(66)89/h3-52H,1-2H3. The zero-order chi connectivity index (χ0) is 61.1. The van der Waals surface area contributed by atoms with Gasteiger partial charge in [-0.2, -0.15) is 5.26 Å². The molecule has 0 spiro atoms. The predicted molar refractivity (Wildman–Crippen MR) is 383 cm³/mol. The molecule has 0 amide bonds. The smallest absolute Gasteiger partial charge is 0.100 e. The first-order chi connectivity index (χ1) is 45.5. The lowest BCUT2D eigenvalue weighted by molar-refractivity contribution is 1.18. The van der Waals surface area contributed by atoms with Gasteiger partial charge in [0.15, 0.2) is 0 Å². The SMILES string of the molecule is Cc1ccc2c(c1)c1ccccc1n2-c1ccc(-c2c(C#N)c(-c3ccncc3)c(-c3ccc(-n4c5ccccc5c5cc(C)ccc54)cc3)c(-c3ccc(-n4c5ccccc5c5ccccc54)cc3)c2-c2ccc(-n3c4ccccc4c4ccccc43)cc2)cc1. The highest BCUT2D eigenvalue weighted by Gasteiger charge is 2.30. The Morgan fingerprint density at radius 2 is 0.489 bits per heavy atom. The predicted octanol–water partition coefficient (Wildman–Crippen LogP) is 22.3. The molecular formula is C86H56N6. The number of rotatable bonds is 9. The molecule has 0 bridgehead atoms. The van der Waals surface area contributed by atoms with Gasteiger partial charge in [-0.25, -0.2) is 0 Å². The maximum absolute atomic E-state index is 12.4. The molecule has 0 radical (unpaired) electrons. The van der Waals surface area contributed by atoms with Crippen molar-refractivity contribution < 1.29 is 0 Å². The van der Waals surface area contributed by atoms with Gasteiger partial charge >= 0.3 is 0 Å². The summed E-state index contributed by atoms with van der Waals surface area (Å²) in [4.78, 5) is 4.58. The van der Waals surface area contributed by atoms with E-state index in [2.05, 4.69) is 334 Å². The van der Waals surface area contributed by atoms with E-state index >= 15 is 0 Å². The van der Waals surface area contributed by atoms with Gasteiger partial charge in [0.25, 0.3) is 0 Å². The Morgan fingerprint density at radius 3 is 0.783 bits per heavy atom. The Balaban J connectivity index is 0.937. The van der Waals surface area contributed by atoms with E-state index < -0.39 is 0 Å². The number of para-hydroxylation sites is 6. The van der Waals surface area contributed by atoms with Crippen molar-refractivity contribution in [2.75, 3.05) is 0 Å². The third-order valence-corrected chi connectivity index (χ3v) is 19.1. The van der Waals surface area contributed by atoms with E-state index in [1.807, 2.05) is 12.4 Å². The molecule has 6 nitrogen and oxygen atoms in total. The van der Waals surface area contributed by atoms with Crippen molar-refractivity contribution in [3.05, 3.63) is 320 Å². The van der Waals surface area contributed by atoms with Gasteiger partial charge in [0.05, 0.1) is 49.7 Å². The summed E-state index contributed by atoms with van der Waals surface area (Å²) in [5.74, 6) is 0. The van der Waals surface area contributed by atoms with E-state index in [0.29, 0.717) is 5.56 Å². The van der Waals surface area contributed by atoms with Crippen LogP contribution < -0.4 is 0 Å². The Kier molecular flexibility index (Phi) is 12.0. The number of fused-ring (bicyclic) bond motifs is 12. The fourth-order valence-electron chi connectivity index (χ4n) is 15.1. The summed E-state index contributed by atoms with van der Waals surface area (Å²) in [6.07, 6.45) is 3.69. The molecule has 0 saturated heterocycles. The number of pyridine rings is 1. The summed E-state index contributed by atoms with van der Waals surface area (Å²) in [6.45, 7) is 4.32. The summed E-state index contributed by atoms with van der Waals surface area (Å²) < 4.78 is 9.50. The zero-order valence-electron chi connectivity index (χ0n) is 50.6. The van der Waals surface area contributed by atoms with Crippen LogP contribution in [0.4, 0.5) is 0 Å². The second-order valence-corrected chi connectivity index (χ2v) is 24.3. The van der Waals surface area contributed by atoms with Crippen molar-refractivity contribution in [1.82, 2.24) is 23.3 Å². The van der Waals surface area contributed by atoms with E-state index in [1.54, 1.807) is 0 Å². The molecule has 5 aromatic heterocycles. The molecule has 0 aliphatic carbocycles. The number of aromatic nitrogens is 5. The van der Waals surface area contributed by atoms with Gasteiger partial charge in [0.1, 0.15) is 6.07 Å². The minimum Gasteiger partial charge on any atom is -0.309 e. The Hall–Kier alpha value is -12.3. The molecule has 0 fully saturated rings. The summed E-state index contributed by atoms with van der Waals surface area (Å²) in [5, 5.41) is 22.1. The highest BCUT2D eigenvalue weighted by Crippen LogP contribution is 2.54. The zero-order valence-corrected chi connectivity index (χ0v) is 50.6. The first-order valence-corrected chi connectivity index (χ1v) is 31.4. The minimum atomic E-state index is 0.570. The maximum atomic E-state index is 12.4.